The second kappa shape index (κ2) is 24.1. The zero-order valence-corrected chi connectivity index (χ0v) is 28.2. The van der Waals surface area contributed by atoms with Gasteiger partial charge in [0.25, 0.3) is 0 Å². The molecule has 0 aromatic heterocycles. The molecule has 0 saturated heterocycles. The Bertz CT molecular complexity index is 1240. The van der Waals surface area contributed by atoms with Crippen LogP contribution in [-0.2, 0) is 47.9 Å². The van der Waals surface area contributed by atoms with Gasteiger partial charge in [0.2, 0.25) is 29.5 Å². The van der Waals surface area contributed by atoms with Crippen molar-refractivity contribution in [3.63, 3.8) is 0 Å². The number of unbranched alkanes of at least 4 members (excludes halogenated alkanes) is 1. The number of carboxylic acid groups (broad SMARTS) is 4. The van der Waals surface area contributed by atoms with Gasteiger partial charge in [-0.2, -0.15) is 0 Å². The summed E-state index contributed by atoms with van der Waals surface area (Å²) < 4.78 is 0. The molecule has 0 radical (unpaired) electrons. The van der Waals surface area contributed by atoms with E-state index < -0.39 is 110 Å². The lowest BCUT2D eigenvalue weighted by molar-refractivity contribution is -0.144. The molecule has 10 N–H and O–H groups in total. The van der Waals surface area contributed by atoms with Crippen LogP contribution in [0, 0.1) is 0 Å². The van der Waals surface area contributed by atoms with Crippen LogP contribution in [-0.4, -0.2) is 123 Å². The first-order chi connectivity index (χ1) is 23.4. The molecule has 50 heavy (non-hydrogen) atoms. The van der Waals surface area contributed by atoms with Crippen molar-refractivity contribution >= 4 is 59.2 Å². The van der Waals surface area contributed by atoms with E-state index in [0.29, 0.717) is 25.8 Å². The first kappa shape index (κ1) is 44.9. The highest BCUT2D eigenvalue weighted by atomic mass is 16.4. The van der Waals surface area contributed by atoms with Crippen LogP contribution < -0.4 is 31.9 Å². The number of rotatable bonds is 27. The molecular weight excluding hydrogens is 668 g/mol. The summed E-state index contributed by atoms with van der Waals surface area (Å²) in [4.78, 5) is 118. The average Bonchev–Trinajstić information content (AvgIpc) is 3.02. The standard InChI is InChI=1S/C30H48N6O14/c1-16(37)18(31-3)6-4-5-15-32-23(39)11-7-20(28(45)46)34-25(41)13-9-22(30(49)50)36-26(42)14-10-21(29(47)48)35-24(40)12-8-19(27(43)44)33-17(2)38/h18-22,31H,4-15H2,1-3H3,(H,32,39)(H,33,38)(H,34,41)(H,35,40)(H,36,42)(H,43,44)(H,45,46)(H,47,48)(H,49,50)/t18?,19-,20?,21-,22-/m0/s1. The number of nitrogens with one attached hydrogen (secondary N) is 6. The molecule has 0 aliphatic carbocycles. The lowest BCUT2D eigenvalue weighted by Gasteiger charge is -2.18. The molecule has 0 aliphatic rings. The maximum Gasteiger partial charge on any atom is 0.326 e. The molecule has 282 valence electrons. The van der Waals surface area contributed by atoms with Gasteiger partial charge in [-0.15, -0.1) is 0 Å². The summed E-state index contributed by atoms with van der Waals surface area (Å²) in [7, 11) is 1.67. The van der Waals surface area contributed by atoms with E-state index in [4.69, 9.17) is 5.11 Å². The average molecular weight is 717 g/mol. The van der Waals surface area contributed by atoms with Crippen molar-refractivity contribution in [1.29, 1.82) is 0 Å². The van der Waals surface area contributed by atoms with Gasteiger partial charge in [0.05, 0.1) is 6.04 Å². The number of carbonyl (C=O) groups excluding carboxylic acids is 6. The van der Waals surface area contributed by atoms with Gasteiger partial charge in [-0.25, -0.2) is 19.2 Å². The Morgan fingerprint density at radius 1 is 0.460 bits per heavy atom. The van der Waals surface area contributed by atoms with Crippen LogP contribution in [0.25, 0.3) is 0 Å². The number of carbonyl (C=O) groups is 10. The topological polar surface area (TPSA) is 324 Å². The number of amides is 5. The molecule has 5 amide bonds. The predicted molar refractivity (Wildman–Crippen MR) is 171 cm³/mol. The molecule has 20 nitrogen and oxygen atoms in total. The van der Waals surface area contributed by atoms with Gasteiger partial charge in [0.1, 0.15) is 30.0 Å². The fourth-order valence-corrected chi connectivity index (χ4v) is 4.52. The Kier molecular flexibility index (Phi) is 21.6. The Balaban J connectivity index is 4.79. The third kappa shape index (κ3) is 20.3. The highest BCUT2D eigenvalue weighted by Gasteiger charge is 2.27. The molecule has 20 heteroatoms. The molecular formula is C30H48N6O14. The largest absolute Gasteiger partial charge is 0.480 e. The van der Waals surface area contributed by atoms with Gasteiger partial charge in [-0.1, -0.05) is 0 Å². The summed E-state index contributed by atoms with van der Waals surface area (Å²) in [6, 6.07) is -6.32. The Labute approximate surface area is 287 Å². The molecule has 0 aliphatic heterocycles. The van der Waals surface area contributed by atoms with E-state index in [0.717, 1.165) is 6.92 Å². The number of hydrogen-bond donors (Lipinski definition) is 10. The monoisotopic (exact) mass is 716 g/mol. The van der Waals surface area contributed by atoms with E-state index in [1.54, 1.807) is 7.05 Å². The van der Waals surface area contributed by atoms with Crippen LogP contribution in [0.4, 0.5) is 0 Å². The molecule has 0 saturated carbocycles. The minimum atomic E-state index is -1.61. The summed E-state index contributed by atoms with van der Waals surface area (Å²) in [6.45, 7) is 2.86. The molecule has 0 rings (SSSR count). The predicted octanol–water partition coefficient (Wildman–Crippen LogP) is -2.13. The zero-order valence-electron chi connectivity index (χ0n) is 28.2. The van der Waals surface area contributed by atoms with E-state index in [1.165, 1.54) is 6.92 Å². The minimum Gasteiger partial charge on any atom is -0.480 e. The summed E-state index contributed by atoms with van der Waals surface area (Å²) >= 11 is 0. The Hall–Kier alpha value is -5.14. The minimum absolute atomic E-state index is 0.00219. The van der Waals surface area contributed by atoms with Gasteiger partial charge in [-0.3, -0.25) is 28.8 Å². The second-order valence-corrected chi connectivity index (χ2v) is 11.4. The number of ketones is 1. The molecule has 0 heterocycles. The fraction of sp³-hybridized carbons (Fsp3) is 0.667. The van der Waals surface area contributed by atoms with E-state index in [2.05, 4.69) is 31.9 Å². The summed E-state index contributed by atoms with van der Waals surface area (Å²) in [5.74, 6) is -9.64. The highest BCUT2D eigenvalue weighted by molar-refractivity contribution is 5.88. The van der Waals surface area contributed by atoms with E-state index in [9.17, 15) is 63.3 Å². The van der Waals surface area contributed by atoms with Gasteiger partial charge in [0.15, 0.2) is 0 Å². The third-order valence-corrected chi connectivity index (χ3v) is 7.30. The van der Waals surface area contributed by atoms with Crippen molar-refractivity contribution in [2.24, 2.45) is 0 Å². The quantitative estimate of drug-likeness (QED) is 0.0406. The van der Waals surface area contributed by atoms with Gasteiger partial charge in [0, 0.05) is 39.2 Å². The smallest absolute Gasteiger partial charge is 0.326 e. The van der Waals surface area contributed by atoms with Crippen molar-refractivity contribution in [2.75, 3.05) is 13.6 Å². The van der Waals surface area contributed by atoms with Crippen LogP contribution in [0.3, 0.4) is 0 Å². The van der Waals surface area contributed by atoms with E-state index >= 15 is 0 Å². The molecule has 0 bridgehead atoms. The van der Waals surface area contributed by atoms with Crippen molar-refractivity contribution < 1.29 is 68.4 Å². The summed E-state index contributed by atoms with van der Waals surface area (Å²) in [5.41, 5.74) is 0. The number of carboxylic acids is 4. The van der Waals surface area contributed by atoms with Crippen molar-refractivity contribution in [1.82, 2.24) is 31.9 Å². The summed E-state index contributed by atoms with van der Waals surface area (Å²) in [5, 5.41) is 51.5. The maximum atomic E-state index is 12.4. The van der Waals surface area contributed by atoms with Gasteiger partial charge >= 0.3 is 23.9 Å². The van der Waals surface area contributed by atoms with Crippen LogP contribution in [0.15, 0.2) is 0 Å². The summed E-state index contributed by atoms with van der Waals surface area (Å²) in [6.07, 6.45) is -1.46. The molecule has 2 unspecified atom stereocenters. The Morgan fingerprint density at radius 3 is 1.10 bits per heavy atom. The zero-order chi connectivity index (χ0) is 38.4. The number of likely N-dealkylation sites (N-methyl/N-ethyl adjacent to an activating group) is 1. The molecule has 0 fully saturated rings. The number of Topliss-reactive ketones (excluding diaryl/α,β-unsaturated/α-hetero) is 1. The lowest BCUT2D eigenvalue weighted by atomic mass is 10.1. The van der Waals surface area contributed by atoms with Gasteiger partial charge < -0.3 is 52.3 Å². The number of hydrogen-bond acceptors (Lipinski definition) is 11. The SMILES string of the molecule is CNC(CCCCNC(=O)CCC(NC(=O)CC[C@H](NC(=O)CC[C@H](NC(=O)CC[C@H](NC(C)=O)C(=O)O)C(=O)O)C(=O)O)C(=O)O)C(C)=O. The van der Waals surface area contributed by atoms with Crippen molar-refractivity contribution in [3.05, 3.63) is 0 Å². The highest BCUT2D eigenvalue weighted by Crippen LogP contribution is 2.07. The van der Waals surface area contributed by atoms with Crippen LogP contribution >= 0.6 is 0 Å². The van der Waals surface area contributed by atoms with E-state index in [1.807, 2.05) is 0 Å². The fourth-order valence-electron chi connectivity index (χ4n) is 4.52. The van der Waals surface area contributed by atoms with E-state index in [-0.39, 0.29) is 31.1 Å². The number of aliphatic carboxylic acids is 4. The lowest BCUT2D eigenvalue weighted by Crippen LogP contribution is -2.45. The maximum absolute atomic E-state index is 12.4. The molecule has 0 spiro atoms. The van der Waals surface area contributed by atoms with Crippen molar-refractivity contribution in [2.45, 2.75) is 115 Å². The second-order valence-electron chi connectivity index (χ2n) is 11.4. The Morgan fingerprint density at radius 2 is 0.800 bits per heavy atom. The normalized spacial score (nSPS) is 13.7. The third-order valence-electron chi connectivity index (χ3n) is 7.30. The van der Waals surface area contributed by atoms with Gasteiger partial charge in [-0.05, 0) is 58.9 Å². The van der Waals surface area contributed by atoms with Crippen LogP contribution in [0.1, 0.15) is 84.5 Å². The molecule has 0 aromatic carbocycles. The molecule has 0 aromatic rings. The van der Waals surface area contributed by atoms with Crippen LogP contribution in [0.2, 0.25) is 0 Å². The molecule has 5 atom stereocenters. The van der Waals surface area contributed by atoms with Crippen LogP contribution in [0.5, 0.6) is 0 Å². The first-order valence-electron chi connectivity index (χ1n) is 15.9. The first-order valence-corrected chi connectivity index (χ1v) is 15.9. The van der Waals surface area contributed by atoms with Crippen molar-refractivity contribution in [3.8, 4) is 0 Å².